The van der Waals surface area contributed by atoms with Gasteiger partial charge in [0.05, 0.1) is 5.39 Å². The lowest BCUT2D eigenvalue weighted by atomic mass is 10.0. The van der Waals surface area contributed by atoms with Crippen LogP contribution in [-0.2, 0) is 4.74 Å². The summed E-state index contributed by atoms with van der Waals surface area (Å²) < 4.78 is 11.4. The zero-order valence-electron chi connectivity index (χ0n) is 22.5. The number of ether oxygens (including phenoxy) is 1. The van der Waals surface area contributed by atoms with Gasteiger partial charge in [-0.15, -0.1) is 0 Å². The van der Waals surface area contributed by atoms with Crippen LogP contribution in [0.15, 0.2) is 47.0 Å². The van der Waals surface area contributed by atoms with E-state index < -0.39 is 0 Å². The molecule has 0 unspecified atom stereocenters. The van der Waals surface area contributed by atoms with Gasteiger partial charge in [0.15, 0.2) is 11.5 Å². The number of carbonyl (C=O) groups excluding carboxylic acids is 1. The maximum atomic E-state index is 12.4. The second kappa shape index (κ2) is 10.0. The molecule has 200 valence electrons. The van der Waals surface area contributed by atoms with Gasteiger partial charge in [-0.05, 0) is 61.2 Å². The van der Waals surface area contributed by atoms with Gasteiger partial charge in [0.2, 0.25) is 5.95 Å². The van der Waals surface area contributed by atoms with Crippen molar-refractivity contribution in [2.45, 2.75) is 32.7 Å². The predicted octanol–water partition coefficient (Wildman–Crippen LogP) is 5.42. The average Bonchev–Trinajstić information content (AvgIpc) is 3.52. The van der Waals surface area contributed by atoms with Crippen molar-refractivity contribution in [3.63, 3.8) is 0 Å². The lowest BCUT2D eigenvalue weighted by Gasteiger charge is -2.24. The summed E-state index contributed by atoms with van der Waals surface area (Å²) in [5, 5.41) is 7.93. The first kappa shape index (κ1) is 24.9. The summed E-state index contributed by atoms with van der Waals surface area (Å²) in [5.41, 5.74) is 6.63. The van der Waals surface area contributed by atoms with Gasteiger partial charge in [0, 0.05) is 63.3 Å². The molecule has 1 saturated heterocycles. The van der Waals surface area contributed by atoms with Gasteiger partial charge in [-0.2, -0.15) is 9.97 Å². The second-order valence-corrected chi connectivity index (χ2v) is 10.1. The van der Waals surface area contributed by atoms with E-state index in [1.807, 2.05) is 56.4 Å². The van der Waals surface area contributed by atoms with Crippen LogP contribution in [0.3, 0.4) is 0 Å². The van der Waals surface area contributed by atoms with Gasteiger partial charge in [0.1, 0.15) is 17.0 Å². The molecule has 3 aromatic heterocycles. The van der Waals surface area contributed by atoms with Gasteiger partial charge in [-0.3, -0.25) is 4.79 Å². The standard InChI is InChI=1S/C29H31N7O3/c1-16-13-19(28(37)36(3)4)6-7-22(16)33-29-34-26-25(27(35-29)32-20-9-11-38-12-10-20)21(15-30-26)18-5-8-23-24(14-18)39-17(2)31-23/h5-8,13-15,20H,9-12H2,1-4H3,(H3,30,32,33,34,35). The van der Waals surface area contributed by atoms with Gasteiger partial charge in [-0.1, -0.05) is 6.07 Å². The van der Waals surface area contributed by atoms with Crippen LogP contribution < -0.4 is 10.6 Å². The van der Waals surface area contributed by atoms with Crippen molar-refractivity contribution in [1.82, 2.24) is 24.8 Å². The molecule has 0 aliphatic carbocycles. The number of benzene rings is 2. The number of H-pyrrole nitrogens is 1. The van der Waals surface area contributed by atoms with Crippen molar-refractivity contribution in [2.75, 3.05) is 37.9 Å². The quantitative estimate of drug-likeness (QED) is 0.269. The third-order valence-corrected chi connectivity index (χ3v) is 7.03. The first-order chi connectivity index (χ1) is 18.9. The van der Waals surface area contributed by atoms with E-state index in [0.29, 0.717) is 23.0 Å². The number of rotatable bonds is 6. The van der Waals surface area contributed by atoms with Crippen molar-refractivity contribution < 1.29 is 13.9 Å². The average molecular weight is 526 g/mol. The Balaban J connectivity index is 1.40. The Kier molecular flexibility index (Phi) is 6.40. The molecule has 10 nitrogen and oxygen atoms in total. The van der Waals surface area contributed by atoms with Crippen molar-refractivity contribution >= 4 is 45.5 Å². The Morgan fingerprint density at radius 1 is 1.05 bits per heavy atom. The normalized spacial score (nSPS) is 14.2. The maximum Gasteiger partial charge on any atom is 0.253 e. The van der Waals surface area contributed by atoms with Gasteiger partial charge in [-0.25, -0.2) is 4.98 Å². The summed E-state index contributed by atoms with van der Waals surface area (Å²) in [6, 6.07) is 11.8. The molecule has 0 atom stereocenters. The second-order valence-electron chi connectivity index (χ2n) is 10.1. The van der Waals surface area contributed by atoms with Crippen molar-refractivity contribution in [1.29, 1.82) is 0 Å². The molecule has 0 saturated carbocycles. The lowest BCUT2D eigenvalue weighted by molar-refractivity contribution is 0.0827. The minimum Gasteiger partial charge on any atom is -0.441 e. The molecule has 0 spiro atoms. The highest BCUT2D eigenvalue weighted by Crippen LogP contribution is 2.36. The Morgan fingerprint density at radius 3 is 2.64 bits per heavy atom. The van der Waals surface area contributed by atoms with E-state index in [1.165, 1.54) is 0 Å². The van der Waals surface area contributed by atoms with E-state index in [1.54, 1.807) is 19.0 Å². The van der Waals surface area contributed by atoms with Crippen LogP contribution in [-0.4, -0.2) is 64.1 Å². The highest BCUT2D eigenvalue weighted by atomic mass is 16.5. The van der Waals surface area contributed by atoms with E-state index in [-0.39, 0.29) is 11.9 Å². The molecule has 1 aliphatic rings. The zero-order valence-corrected chi connectivity index (χ0v) is 22.5. The van der Waals surface area contributed by atoms with E-state index in [9.17, 15) is 4.79 Å². The fraction of sp³-hybridized carbons (Fsp3) is 0.310. The van der Waals surface area contributed by atoms with Crippen LogP contribution in [0.2, 0.25) is 0 Å². The molecule has 1 amide bonds. The van der Waals surface area contributed by atoms with Crippen LogP contribution in [0.5, 0.6) is 0 Å². The molecule has 0 bridgehead atoms. The number of oxazole rings is 1. The third kappa shape index (κ3) is 4.90. The monoisotopic (exact) mass is 525 g/mol. The number of aryl methyl sites for hydroxylation is 2. The lowest BCUT2D eigenvalue weighted by Crippen LogP contribution is -2.28. The smallest absolute Gasteiger partial charge is 0.253 e. The highest BCUT2D eigenvalue weighted by Gasteiger charge is 2.21. The summed E-state index contributed by atoms with van der Waals surface area (Å²) >= 11 is 0. The predicted molar refractivity (Wildman–Crippen MR) is 152 cm³/mol. The van der Waals surface area contributed by atoms with E-state index >= 15 is 0 Å². The van der Waals surface area contributed by atoms with Crippen LogP contribution in [0.25, 0.3) is 33.3 Å². The number of nitrogens with one attached hydrogen (secondary N) is 3. The van der Waals surface area contributed by atoms with Gasteiger partial charge >= 0.3 is 0 Å². The highest BCUT2D eigenvalue weighted by molar-refractivity contribution is 6.02. The fourth-order valence-corrected chi connectivity index (χ4v) is 4.98. The number of fused-ring (bicyclic) bond motifs is 2. The topological polar surface area (TPSA) is 121 Å². The van der Waals surface area contributed by atoms with E-state index in [2.05, 4.69) is 20.6 Å². The fourth-order valence-electron chi connectivity index (χ4n) is 4.98. The molecule has 1 aliphatic heterocycles. The molecule has 4 heterocycles. The van der Waals surface area contributed by atoms with Crippen molar-refractivity contribution in [3.8, 4) is 11.1 Å². The number of carbonyl (C=O) groups is 1. The summed E-state index contributed by atoms with van der Waals surface area (Å²) in [6.45, 7) is 5.24. The van der Waals surface area contributed by atoms with Crippen LogP contribution in [0.4, 0.5) is 17.5 Å². The summed E-state index contributed by atoms with van der Waals surface area (Å²) in [4.78, 5) is 31.5. The molecule has 39 heavy (non-hydrogen) atoms. The molecule has 10 heteroatoms. The Bertz CT molecular complexity index is 1680. The molecule has 6 rings (SSSR count). The van der Waals surface area contributed by atoms with Crippen LogP contribution in [0, 0.1) is 13.8 Å². The van der Waals surface area contributed by atoms with E-state index in [4.69, 9.17) is 19.1 Å². The summed E-state index contributed by atoms with van der Waals surface area (Å²) in [7, 11) is 3.49. The van der Waals surface area contributed by atoms with Crippen LogP contribution >= 0.6 is 0 Å². The minimum absolute atomic E-state index is 0.0390. The van der Waals surface area contributed by atoms with Crippen LogP contribution in [0.1, 0.15) is 34.7 Å². The maximum absolute atomic E-state index is 12.4. The summed E-state index contributed by atoms with van der Waals surface area (Å²) in [6.07, 6.45) is 3.76. The number of nitrogens with zero attached hydrogens (tertiary/aromatic N) is 4. The SMILES string of the molecule is Cc1nc2ccc(-c3c[nH]c4nc(Nc5ccc(C(=O)N(C)C)cc5C)nc(NC5CCOCC5)c34)cc2o1. The first-order valence-corrected chi connectivity index (χ1v) is 13.1. The zero-order chi connectivity index (χ0) is 27.1. The first-order valence-electron chi connectivity index (χ1n) is 13.1. The molecule has 1 fully saturated rings. The molecular formula is C29H31N7O3. The molecule has 0 radical (unpaired) electrons. The number of hydrogen-bond acceptors (Lipinski definition) is 8. The number of aromatic amines is 1. The Hall–Kier alpha value is -4.44. The largest absolute Gasteiger partial charge is 0.441 e. The summed E-state index contributed by atoms with van der Waals surface area (Å²) in [5.74, 6) is 1.80. The minimum atomic E-state index is -0.0390. The van der Waals surface area contributed by atoms with Crippen molar-refractivity contribution in [3.05, 3.63) is 59.6 Å². The number of aromatic nitrogens is 4. The molecule has 5 aromatic rings. The Morgan fingerprint density at radius 2 is 1.87 bits per heavy atom. The molecular weight excluding hydrogens is 494 g/mol. The number of hydrogen-bond donors (Lipinski definition) is 3. The van der Waals surface area contributed by atoms with Crippen molar-refractivity contribution in [2.24, 2.45) is 0 Å². The van der Waals surface area contributed by atoms with Gasteiger partial charge < -0.3 is 29.7 Å². The van der Waals surface area contributed by atoms with Gasteiger partial charge in [0.25, 0.3) is 5.91 Å². The number of anilines is 3. The molecule has 2 aromatic carbocycles. The number of amides is 1. The molecule has 3 N–H and O–H groups in total. The third-order valence-electron chi connectivity index (χ3n) is 7.03. The Labute approximate surface area is 225 Å². The van der Waals surface area contributed by atoms with E-state index in [0.717, 1.165) is 70.7 Å².